The summed E-state index contributed by atoms with van der Waals surface area (Å²) >= 11 is 3.54. The molecule has 0 aromatic heterocycles. The molecular weight excluding hydrogens is 612 g/mol. The number of benzene rings is 5. The quantitative estimate of drug-likeness (QED) is 0.186. The molecule has 2 unspecified atom stereocenters. The van der Waals surface area contributed by atoms with Crippen molar-refractivity contribution in [3.05, 3.63) is 166 Å². The first-order valence-electron chi connectivity index (χ1n) is 14.6. The van der Waals surface area contributed by atoms with Gasteiger partial charge in [0.05, 0.1) is 17.8 Å². The highest BCUT2D eigenvalue weighted by atomic mass is 79.9. The Hall–Kier alpha value is -5.01. The van der Waals surface area contributed by atoms with Gasteiger partial charge in [-0.1, -0.05) is 107 Å². The molecule has 0 saturated heterocycles. The van der Waals surface area contributed by atoms with E-state index >= 15 is 0 Å². The van der Waals surface area contributed by atoms with Gasteiger partial charge in [0.15, 0.2) is 0 Å². The number of carbonyl (C=O) groups is 1. The SMILES string of the molecule is O=C(c1ccccc1)N1N=C(N2N=C(c3ccc(Br)cc3)CC2c2ccccc2)CC1c1cccc(Oc2ccccc2)c1. The second-order valence-electron chi connectivity index (χ2n) is 10.8. The Morgan fingerprint density at radius 1 is 0.659 bits per heavy atom. The maximum absolute atomic E-state index is 14.0. The van der Waals surface area contributed by atoms with Crippen LogP contribution in [0.3, 0.4) is 0 Å². The maximum Gasteiger partial charge on any atom is 0.274 e. The summed E-state index contributed by atoms with van der Waals surface area (Å²) in [5.74, 6) is 2.04. The van der Waals surface area contributed by atoms with Crippen molar-refractivity contribution in [1.82, 2.24) is 10.0 Å². The van der Waals surface area contributed by atoms with Gasteiger partial charge >= 0.3 is 0 Å². The number of carbonyl (C=O) groups excluding carboxylic acids is 1. The predicted molar refractivity (Wildman–Crippen MR) is 177 cm³/mol. The van der Waals surface area contributed by atoms with E-state index in [9.17, 15) is 4.79 Å². The van der Waals surface area contributed by atoms with E-state index in [4.69, 9.17) is 14.9 Å². The average Bonchev–Trinajstić information content (AvgIpc) is 3.72. The van der Waals surface area contributed by atoms with Crippen LogP contribution in [0.15, 0.2) is 154 Å². The molecule has 7 heteroatoms. The van der Waals surface area contributed by atoms with Crippen LogP contribution in [0, 0.1) is 0 Å². The molecule has 0 bridgehead atoms. The molecule has 0 aliphatic carbocycles. The number of ether oxygens (including phenoxy) is 1. The zero-order chi connectivity index (χ0) is 29.9. The van der Waals surface area contributed by atoms with Crippen LogP contribution in [0.4, 0.5) is 0 Å². The van der Waals surface area contributed by atoms with Gasteiger partial charge in [-0.3, -0.25) is 4.79 Å². The van der Waals surface area contributed by atoms with Crippen molar-refractivity contribution in [3.63, 3.8) is 0 Å². The highest BCUT2D eigenvalue weighted by Crippen LogP contribution is 2.40. The summed E-state index contributed by atoms with van der Waals surface area (Å²) in [7, 11) is 0. The van der Waals surface area contributed by atoms with Gasteiger partial charge in [0.25, 0.3) is 5.91 Å². The van der Waals surface area contributed by atoms with Crippen LogP contribution in [-0.4, -0.2) is 27.5 Å². The molecule has 7 rings (SSSR count). The van der Waals surface area contributed by atoms with Crippen molar-refractivity contribution in [1.29, 1.82) is 0 Å². The number of hydrogen-bond donors (Lipinski definition) is 0. The Balaban J connectivity index is 1.27. The van der Waals surface area contributed by atoms with Gasteiger partial charge in [0.1, 0.15) is 17.3 Å². The lowest BCUT2D eigenvalue weighted by Gasteiger charge is -2.23. The van der Waals surface area contributed by atoms with E-state index in [0.717, 1.165) is 44.9 Å². The minimum atomic E-state index is -0.333. The van der Waals surface area contributed by atoms with Gasteiger partial charge in [0.2, 0.25) is 0 Å². The zero-order valence-electron chi connectivity index (χ0n) is 23.8. The van der Waals surface area contributed by atoms with E-state index < -0.39 is 0 Å². The van der Waals surface area contributed by atoms with Gasteiger partial charge in [0, 0.05) is 22.9 Å². The standard InChI is InChI=1S/C37H29BrN4O2/c38-30-21-19-26(20-22-30)33-24-34(27-11-4-1-5-12-27)41(39-33)36-25-35(42(40-36)37(43)28-13-6-2-7-14-28)29-15-10-18-32(23-29)44-31-16-8-3-9-17-31/h1-23,34-35H,24-25H2. The van der Waals surface area contributed by atoms with Crippen LogP contribution in [0.2, 0.25) is 0 Å². The molecule has 2 heterocycles. The Morgan fingerprint density at radius 2 is 1.30 bits per heavy atom. The summed E-state index contributed by atoms with van der Waals surface area (Å²) in [5, 5.41) is 13.8. The highest BCUT2D eigenvalue weighted by Gasteiger charge is 2.40. The lowest BCUT2D eigenvalue weighted by Crippen LogP contribution is -2.27. The molecule has 0 spiro atoms. The van der Waals surface area contributed by atoms with Crippen LogP contribution in [0.1, 0.15) is 52.0 Å². The lowest BCUT2D eigenvalue weighted by atomic mass is 9.97. The van der Waals surface area contributed by atoms with Crippen molar-refractivity contribution in [2.45, 2.75) is 24.9 Å². The molecule has 44 heavy (non-hydrogen) atoms. The van der Waals surface area contributed by atoms with E-state index in [1.807, 2.05) is 120 Å². The van der Waals surface area contributed by atoms with Crippen molar-refractivity contribution < 1.29 is 9.53 Å². The molecule has 5 aromatic carbocycles. The van der Waals surface area contributed by atoms with E-state index in [2.05, 4.69) is 40.2 Å². The molecule has 0 N–H and O–H groups in total. The van der Waals surface area contributed by atoms with Crippen LogP contribution in [0.25, 0.3) is 0 Å². The predicted octanol–water partition coefficient (Wildman–Crippen LogP) is 8.99. The molecule has 216 valence electrons. The Morgan fingerprint density at radius 3 is 2.02 bits per heavy atom. The van der Waals surface area contributed by atoms with Crippen LogP contribution >= 0.6 is 15.9 Å². The van der Waals surface area contributed by atoms with Crippen LogP contribution < -0.4 is 4.74 Å². The average molecular weight is 642 g/mol. The van der Waals surface area contributed by atoms with Gasteiger partial charge in [-0.05, 0) is 65.2 Å². The molecule has 6 nitrogen and oxygen atoms in total. The lowest BCUT2D eigenvalue weighted by molar-refractivity contribution is 0.0710. The normalized spacial score (nSPS) is 17.8. The minimum absolute atomic E-state index is 0.0474. The number of hydrazone groups is 2. The minimum Gasteiger partial charge on any atom is -0.457 e. The van der Waals surface area contributed by atoms with Gasteiger partial charge in [-0.2, -0.15) is 10.2 Å². The number of para-hydroxylation sites is 1. The number of hydrogen-bond acceptors (Lipinski definition) is 5. The molecule has 0 radical (unpaired) electrons. The number of amidine groups is 1. The third-order valence-corrected chi connectivity index (χ3v) is 8.41. The largest absolute Gasteiger partial charge is 0.457 e. The number of rotatable bonds is 6. The maximum atomic E-state index is 14.0. The zero-order valence-corrected chi connectivity index (χ0v) is 25.4. The van der Waals surface area contributed by atoms with Crippen LogP contribution in [0.5, 0.6) is 11.5 Å². The first kappa shape index (κ1) is 27.8. The number of halogens is 1. The van der Waals surface area contributed by atoms with Crippen LogP contribution in [-0.2, 0) is 0 Å². The van der Waals surface area contributed by atoms with Crippen molar-refractivity contribution in [2.24, 2.45) is 10.2 Å². The summed E-state index contributed by atoms with van der Waals surface area (Å²) in [6, 6.07) is 45.1. The summed E-state index contributed by atoms with van der Waals surface area (Å²) in [5.41, 5.74) is 4.72. The van der Waals surface area contributed by atoms with Gasteiger partial charge < -0.3 is 4.74 Å². The fourth-order valence-corrected chi connectivity index (χ4v) is 5.97. The van der Waals surface area contributed by atoms with Crippen molar-refractivity contribution in [3.8, 4) is 11.5 Å². The first-order chi connectivity index (χ1) is 21.6. The third-order valence-electron chi connectivity index (χ3n) is 7.88. The summed E-state index contributed by atoms with van der Waals surface area (Å²) in [4.78, 5) is 14.0. The molecule has 2 aliphatic heterocycles. The second-order valence-corrected chi connectivity index (χ2v) is 11.7. The highest BCUT2D eigenvalue weighted by molar-refractivity contribution is 9.10. The van der Waals surface area contributed by atoms with Gasteiger partial charge in [-0.25, -0.2) is 10.0 Å². The molecule has 0 saturated carbocycles. The smallest absolute Gasteiger partial charge is 0.274 e. The fourth-order valence-electron chi connectivity index (χ4n) is 5.70. The Bertz CT molecular complexity index is 1830. The van der Waals surface area contributed by atoms with E-state index in [-0.39, 0.29) is 18.0 Å². The molecular formula is C37H29BrN4O2. The van der Waals surface area contributed by atoms with Gasteiger partial charge in [-0.15, -0.1) is 0 Å². The fraction of sp³-hybridized carbons (Fsp3) is 0.108. The van der Waals surface area contributed by atoms with E-state index in [1.165, 1.54) is 0 Å². The molecule has 2 aliphatic rings. The topological polar surface area (TPSA) is 57.5 Å². The third kappa shape index (κ3) is 5.79. The Labute approximate surface area is 265 Å². The molecule has 5 aromatic rings. The molecule has 2 atom stereocenters. The molecule has 0 fully saturated rings. The monoisotopic (exact) mass is 640 g/mol. The summed E-state index contributed by atoms with van der Waals surface area (Å²) < 4.78 is 7.18. The van der Waals surface area contributed by atoms with E-state index in [0.29, 0.717) is 17.7 Å². The van der Waals surface area contributed by atoms with E-state index in [1.54, 1.807) is 5.01 Å². The first-order valence-corrected chi connectivity index (χ1v) is 15.4. The second kappa shape index (κ2) is 12.3. The summed E-state index contributed by atoms with van der Waals surface area (Å²) in [6.45, 7) is 0. The van der Waals surface area contributed by atoms with Crippen molar-refractivity contribution in [2.75, 3.05) is 0 Å². The van der Waals surface area contributed by atoms with Crippen molar-refractivity contribution >= 4 is 33.4 Å². The Kier molecular flexibility index (Phi) is 7.78. The number of amides is 1. The molecule has 1 amide bonds. The number of nitrogens with zero attached hydrogens (tertiary/aromatic N) is 4. The summed E-state index contributed by atoms with van der Waals surface area (Å²) in [6.07, 6.45) is 1.23.